The van der Waals surface area contributed by atoms with Crippen molar-refractivity contribution in [1.82, 2.24) is 10.2 Å². The van der Waals surface area contributed by atoms with Crippen LogP contribution in [0.3, 0.4) is 0 Å². The van der Waals surface area contributed by atoms with Crippen molar-refractivity contribution in [2.75, 3.05) is 19.6 Å². The average Bonchev–Trinajstić information content (AvgIpc) is 2.39. The molecular formula is C15H23N2O. The van der Waals surface area contributed by atoms with E-state index in [2.05, 4.69) is 30.9 Å². The topological polar surface area (TPSA) is 37.6 Å². The van der Waals surface area contributed by atoms with Gasteiger partial charge in [0.1, 0.15) is 0 Å². The minimum absolute atomic E-state index is 0.282. The number of nitrogens with zero attached hydrogens (tertiary/aromatic N) is 2. The molecule has 1 aromatic rings. The Kier molecular flexibility index (Phi) is 4.38. The maximum Gasteiger partial charge on any atom is 0.0761 e. The van der Waals surface area contributed by atoms with Crippen molar-refractivity contribution in [1.29, 1.82) is 0 Å². The van der Waals surface area contributed by atoms with Gasteiger partial charge in [0.25, 0.3) is 0 Å². The number of piperazine rings is 1. The van der Waals surface area contributed by atoms with E-state index in [0.29, 0.717) is 6.04 Å². The summed E-state index contributed by atoms with van der Waals surface area (Å²) in [5, 5.41) is 14.2. The van der Waals surface area contributed by atoms with E-state index in [1.165, 1.54) is 5.56 Å². The smallest absolute Gasteiger partial charge is 0.0761 e. The maximum absolute atomic E-state index is 9.51. The molecular weight excluding hydrogens is 224 g/mol. The van der Waals surface area contributed by atoms with Crippen LogP contribution in [0.2, 0.25) is 0 Å². The fourth-order valence-electron chi connectivity index (χ4n) is 2.39. The lowest BCUT2D eigenvalue weighted by atomic mass is 10.0. The van der Waals surface area contributed by atoms with Crippen LogP contribution in [0.15, 0.2) is 24.3 Å². The molecule has 99 valence electrons. The Bertz CT molecular complexity index is 373. The van der Waals surface area contributed by atoms with Crippen molar-refractivity contribution < 1.29 is 5.11 Å². The summed E-state index contributed by atoms with van der Waals surface area (Å²) < 4.78 is 0. The summed E-state index contributed by atoms with van der Waals surface area (Å²) in [4.78, 5) is 2.47. The van der Waals surface area contributed by atoms with Crippen molar-refractivity contribution in [3.05, 3.63) is 35.4 Å². The van der Waals surface area contributed by atoms with Gasteiger partial charge in [-0.2, -0.15) is 0 Å². The molecule has 1 aliphatic rings. The predicted molar refractivity (Wildman–Crippen MR) is 73.5 cm³/mol. The molecule has 0 bridgehead atoms. The molecule has 0 amide bonds. The second-order valence-electron chi connectivity index (χ2n) is 5.35. The third-order valence-corrected chi connectivity index (χ3v) is 3.68. The first kappa shape index (κ1) is 13.5. The largest absolute Gasteiger partial charge is 0.389 e. The highest BCUT2D eigenvalue weighted by Gasteiger charge is 2.23. The molecule has 0 aliphatic carbocycles. The first-order chi connectivity index (χ1) is 8.58. The zero-order chi connectivity index (χ0) is 13.1. The Labute approximate surface area is 110 Å². The molecule has 1 aromatic carbocycles. The first-order valence-corrected chi connectivity index (χ1v) is 6.76. The molecule has 1 saturated heterocycles. The third kappa shape index (κ3) is 3.10. The number of aliphatic hydroxyl groups excluding tert-OH is 1. The van der Waals surface area contributed by atoms with E-state index in [1.807, 2.05) is 12.1 Å². The highest BCUT2D eigenvalue weighted by Crippen LogP contribution is 2.22. The number of aliphatic hydroxyl groups is 1. The Morgan fingerprint density at radius 2 is 1.89 bits per heavy atom. The summed E-state index contributed by atoms with van der Waals surface area (Å²) in [6, 6.07) is 9.07. The average molecular weight is 247 g/mol. The zero-order valence-corrected chi connectivity index (χ0v) is 11.5. The van der Waals surface area contributed by atoms with Crippen LogP contribution >= 0.6 is 0 Å². The van der Waals surface area contributed by atoms with Crippen LogP contribution in [0, 0.1) is 0 Å². The maximum atomic E-state index is 9.51. The van der Waals surface area contributed by atoms with E-state index in [0.717, 1.165) is 25.2 Å². The quantitative estimate of drug-likeness (QED) is 0.888. The SMILES string of the molecule is CC(O)c1ccc(C2CN(C(C)C)CC[N]2)cc1. The first-order valence-electron chi connectivity index (χ1n) is 6.76. The summed E-state index contributed by atoms with van der Waals surface area (Å²) >= 11 is 0. The monoisotopic (exact) mass is 247 g/mol. The molecule has 1 radical (unpaired) electrons. The molecule has 3 nitrogen and oxygen atoms in total. The van der Waals surface area contributed by atoms with E-state index in [9.17, 15) is 5.11 Å². The molecule has 1 N–H and O–H groups in total. The van der Waals surface area contributed by atoms with Crippen molar-refractivity contribution in [2.45, 2.75) is 39.0 Å². The lowest BCUT2D eigenvalue weighted by Crippen LogP contribution is -2.45. The van der Waals surface area contributed by atoms with Gasteiger partial charge in [-0.05, 0) is 31.9 Å². The highest BCUT2D eigenvalue weighted by atomic mass is 16.3. The normalized spacial score (nSPS) is 23.3. The predicted octanol–water partition coefficient (Wildman–Crippen LogP) is 2.11. The van der Waals surface area contributed by atoms with Crippen molar-refractivity contribution in [3.63, 3.8) is 0 Å². The molecule has 0 spiro atoms. The van der Waals surface area contributed by atoms with Crippen molar-refractivity contribution >= 4 is 0 Å². The minimum atomic E-state index is -0.394. The van der Waals surface area contributed by atoms with E-state index in [1.54, 1.807) is 6.92 Å². The van der Waals surface area contributed by atoms with Gasteiger partial charge in [-0.1, -0.05) is 24.3 Å². The Hall–Kier alpha value is -0.900. The molecule has 18 heavy (non-hydrogen) atoms. The summed E-state index contributed by atoms with van der Waals surface area (Å²) in [5.41, 5.74) is 2.22. The standard InChI is InChI=1S/C15H23N2O/c1-11(2)17-9-8-16-15(10-17)14-6-4-13(5-7-14)12(3)18/h4-7,11-12,15,18H,8-10H2,1-3H3. The van der Waals surface area contributed by atoms with Gasteiger partial charge in [-0.25, -0.2) is 5.32 Å². The van der Waals surface area contributed by atoms with Crippen LogP contribution in [0.4, 0.5) is 0 Å². The summed E-state index contributed by atoms with van der Waals surface area (Å²) in [7, 11) is 0. The van der Waals surface area contributed by atoms with Gasteiger partial charge in [0.15, 0.2) is 0 Å². The van der Waals surface area contributed by atoms with E-state index >= 15 is 0 Å². The van der Waals surface area contributed by atoms with E-state index in [4.69, 9.17) is 5.32 Å². The highest BCUT2D eigenvalue weighted by molar-refractivity contribution is 5.26. The lowest BCUT2D eigenvalue weighted by Gasteiger charge is -2.35. The Morgan fingerprint density at radius 1 is 1.22 bits per heavy atom. The number of benzene rings is 1. The molecule has 1 heterocycles. The van der Waals surface area contributed by atoms with Crippen LogP contribution < -0.4 is 5.32 Å². The van der Waals surface area contributed by atoms with Gasteiger partial charge >= 0.3 is 0 Å². The zero-order valence-electron chi connectivity index (χ0n) is 11.5. The van der Waals surface area contributed by atoms with Gasteiger partial charge in [0.05, 0.1) is 12.1 Å². The Balaban J connectivity index is 2.06. The van der Waals surface area contributed by atoms with E-state index < -0.39 is 6.10 Å². The molecule has 2 unspecified atom stereocenters. The molecule has 2 atom stereocenters. The van der Waals surface area contributed by atoms with Gasteiger partial charge < -0.3 is 5.11 Å². The fraction of sp³-hybridized carbons (Fsp3) is 0.600. The number of rotatable bonds is 3. The second-order valence-corrected chi connectivity index (χ2v) is 5.35. The summed E-state index contributed by atoms with van der Waals surface area (Å²) in [6.07, 6.45) is -0.394. The fourth-order valence-corrected chi connectivity index (χ4v) is 2.39. The second kappa shape index (κ2) is 5.83. The molecule has 0 aromatic heterocycles. The molecule has 2 rings (SSSR count). The molecule has 1 aliphatic heterocycles. The van der Waals surface area contributed by atoms with Gasteiger partial charge in [-0.15, -0.1) is 0 Å². The third-order valence-electron chi connectivity index (χ3n) is 3.68. The van der Waals surface area contributed by atoms with Crippen LogP contribution in [0.25, 0.3) is 0 Å². The van der Waals surface area contributed by atoms with Crippen LogP contribution in [0.5, 0.6) is 0 Å². The molecule has 3 heteroatoms. The summed E-state index contributed by atoms with van der Waals surface area (Å²) in [6.45, 7) is 9.25. The van der Waals surface area contributed by atoms with E-state index in [-0.39, 0.29) is 6.04 Å². The molecule has 0 saturated carbocycles. The Morgan fingerprint density at radius 3 is 2.44 bits per heavy atom. The molecule has 1 fully saturated rings. The number of hydrogen-bond donors (Lipinski definition) is 1. The van der Waals surface area contributed by atoms with Crippen molar-refractivity contribution in [2.24, 2.45) is 0 Å². The van der Waals surface area contributed by atoms with Crippen molar-refractivity contribution in [3.8, 4) is 0 Å². The van der Waals surface area contributed by atoms with Crippen LogP contribution in [-0.4, -0.2) is 35.7 Å². The number of hydrogen-bond acceptors (Lipinski definition) is 2. The minimum Gasteiger partial charge on any atom is -0.389 e. The summed E-state index contributed by atoms with van der Waals surface area (Å²) in [5.74, 6) is 0. The van der Waals surface area contributed by atoms with Crippen LogP contribution in [0.1, 0.15) is 44.0 Å². The lowest BCUT2D eigenvalue weighted by molar-refractivity contribution is 0.159. The van der Waals surface area contributed by atoms with Crippen LogP contribution in [-0.2, 0) is 0 Å². The van der Waals surface area contributed by atoms with Gasteiger partial charge in [0.2, 0.25) is 0 Å². The van der Waals surface area contributed by atoms with Gasteiger partial charge in [-0.3, -0.25) is 4.90 Å². The van der Waals surface area contributed by atoms with Gasteiger partial charge in [0, 0.05) is 25.7 Å².